The summed E-state index contributed by atoms with van der Waals surface area (Å²) >= 11 is 1.50. The monoisotopic (exact) mass is 276 g/mol. The van der Waals surface area contributed by atoms with Crippen LogP contribution in [0.4, 0.5) is 5.13 Å². The highest BCUT2D eigenvalue weighted by molar-refractivity contribution is 7.15. The van der Waals surface area contributed by atoms with E-state index in [2.05, 4.69) is 14.9 Å². The van der Waals surface area contributed by atoms with Crippen molar-refractivity contribution >= 4 is 22.4 Å². The molecule has 0 aliphatic rings. The van der Waals surface area contributed by atoms with Crippen molar-refractivity contribution < 1.29 is 9.36 Å². The SMILES string of the molecule is Cc1cnc(NC(=O)CCCC[n+]2ccccc2)s1. The second-order valence-electron chi connectivity index (χ2n) is 4.39. The molecule has 0 aliphatic heterocycles. The lowest BCUT2D eigenvalue weighted by Gasteiger charge is -2.00. The molecular formula is C14H18N3OS+. The number of hydrogen-bond acceptors (Lipinski definition) is 3. The minimum Gasteiger partial charge on any atom is -0.302 e. The summed E-state index contributed by atoms with van der Waals surface area (Å²) in [5, 5.41) is 3.52. The van der Waals surface area contributed by atoms with Crippen molar-refractivity contribution in [1.82, 2.24) is 4.98 Å². The first-order chi connectivity index (χ1) is 9.24. The van der Waals surface area contributed by atoms with Gasteiger partial charge in [0.25, 0.3) is 0 Å². The lowest BCUT2D eigenvalue weighted by molar-refractivity contribution is -0.697. The maximum Gasteiger partial charge on any atom is 0.226 e. The molecule has 2 aromatic rings. The molecule has 0 aromatic carbocycles. The van der Waals surface area contributed by atoms with Crippen molar-refractivity contribution in [1.29, 1.82) is 0 Å². The van der Waals surface area contributed by atoms with Gasteiger partial charge in [-0.1, -0.05) is 6.07 Å². The first-order valence-corrected chi connectivity index (χ1v) is 7.22. The van der Waals surface area contributed by atoms with Gasteiger partial charge in [0.2, 0.25) is 5.91 Å². The van der Waals surface area contributed by atoms with Gasteiger partial charge in [0.15, 0.2) is 17.5 Å². The lowest BCUT2D eigenvalue weighted by atomic mass is 10.2. The summed E-state index contributed by atoms with van der Waals surface area (Å²) in [6, 6.07) is 6.02. The zero-order valence-electron chi connectivity index (χ0n) is 11.0. The molecule has 5 heteroatoms. The standard InChI is InChI=1S/C14H17N3OS/c1-12-11-15-14(19-12)16-13(18)7-3-6-10-17-8-4-2-5-9-17/h2,4-5,8-9,11H,3,6-7,10H2,1H3/p+1. The van der Waals surface area contributed by atoms with Crippen LogP contribution in [-0.4, -0.2) is 10.9 Å². The Balaban J connectivity index is 1.64. The molecular weight excluding hydrogens is 258 g/mol. The smallest absolute Gasteiger partial charge is 0.226 e. The van der Waals surface area contributed by atoms with E-state index in [4.69, 9.17) is 0 Å². The number of pyridine rings is 1. The fraction of sp³-hybridized carbons (Fsp3) is 0.357. The third kappa shape index (κ3) is 4.79. The molecule has 1 N–H and O–H groups in total. The third-order valence-electron chi connectivity index (χ3n) is 2.72. The van der Waals surface area contributed by atoms with E-state index < -0.39 is 0 Å². The normalized spacial score (nSPS) is 10.4. The number of carbonyl (C=O) groups is 1. The Kier molecular flexibility index (Phi) is 5.03. The Morgan fingerprint density at radius 2 is 2.11 bits per heavy atom. The van der Waals surface area contributed by atoms with E-state index in [1.54, 1.807) is 6.20 Å². The maximum atomic E-state index is 11.7. The number of unbranched alkanes of at least 4 members (excludes halogenated alkanes) is 1. The highest BCUT2D eigenvalue weighted by Crippen LogP contribution is 2.16. The van der Waals surface area contributed by atoms with Crippen LogP contribution in [0, 0.1) is 6.92 Å². The van der Waals surface area contributed by atoms with E-state index in [0.717, 1.165) is 24.3 Å². The molecule has 4 nitrogen and oxygen atoms in total. The number of nitrogens with zero attached hydrogens (tertiary/aromatic N) is 2. The molecule has 0 saturated carbocycles. The van der Waals surface area contributed by atoms with E-state index >= 15 is 0 Å². The predicted molar refractivity (Wildman–Crippen MR) is 76.0 cm³/mol. The minimum atomic E-state index is 0.0485. The van der Waals surface area contributed by atoms with Crippen molar-refractivity contribution in [3.63, 3.8) is 0 Å². The van der Waals surface area contributed by atoms with Crippen LogP contribution in [0.1, 0.15) is 24.1 Å². The van der Waals surface area contributed by atoms with E-state index in [0.29, 0.717) is 11.6 Å². The Morgan fingerprint density at radius 3 is 2.79 bits per heavy atom. The Labute approximate surface area is 117 Å². The molecule has 0 bridgehead atoms. The Bertz CT molecular complexity index is 524. The average molecular weight is 276 g/mol. The van der Waals surface area contributed by atoms with E-state index in [9.17, 15) is 4.79 Å². The van der Waals surface area contributed by atoms with Crippen LogP contribution in [0.2, 0.25) is 0 Å². The fourth-order valence-corrected chi connectivity index (χ4v) is 2.44. The van der Waals surface area contributed by atoms with Gasteiger partial charge in [0.05, 0.1) is 0 Å². The molecule has 2 heterocycles. The highest BCUT2D eigenvalue weighted by Gasteiger charge is 2.06. The molecule has 2 rings (SSSR count). The number of thiazole rings is 1. The molecule has 0 radical (unpaired) electrons. The van der Waals surface area contributed by atoms with E-state index in [-0.39, 0.29) is 5.91 Å². The summed E-state index contributed by atoms with van der Waals surface area (Å²) in [6.07, 6.45) is 8.28. The van der Waals surface area contributed by atoms with Crippen molar-refractivity contribution in [2.75, 3.05) is 5.32 Å². The number of carbonyl (C=O) groups excluding carboxylic acids is 1. The molecule has 2 aromatic heterocycles. The highest BCUT2D eigenvalue weighted by atomic mass is 32.1. The number of rotatable bonds is 6. The molecule has 100 valence electrons. The van der Waals surface area contributed by atoms with Crippen molar-refractivity contribution in [3.8, 4) is 0 Å². The van der Waals surface area contributed by atoms with E-state index in [1.165, 1.54) is 11.3 Å². The second kappa shape index (κ2) is 6.99. The van der Waals surface area contributed by atoms with Crippen LogP contribution in [-0.2, 0) is 11.3 Å². The van der Waals surface area contributed by atoms with Gasteiger partial charge in [0.1, 0.15) is 6.54 Å². The van der Waals surface area contributed by atoms with Crippen LogP contribution < -0.4 is 9.88 Å². The predicted octanol–water partition coefficient (Wildman–Crippen LogP) is 2.55. The first kappa shape index (κ1) is 13.7. The summed E-state index contributed by atoms with van der Waals surface area (Å²) in [6.45, 7) is 2.93. The van der Waals surface area contributed by atoms with Crippen LogP contribution in [0.15, 0.2) is 36.8 Å². The first-order valence-electron chi connectivity index (χ1n) is 6.40. The number of amides is 1. The average Bonchev–Trinajstić information content (AvgIpc) is 2.81. The second-order valence-corrected chi connectivity index (χ2v) is 5.63. The number of anilines is 1. The van der Waals surface area contributed by atoms with Gasteiger partial charge in [-0.3, -0.25) is 4.79 Å². The lowest BCUT2D eigenvalue weighted by Crippen LogP contribution is -2.32. The topological polar surface area (TPSA) is 45.9 Å². The quantitative estimate of drug-likeness (QED) is 0.651. The number of nitrogens with one attached hydrogen (secondary N) is 1. The van der Waals surface area contributed by atoms with Crippen LogP contribution in [0.3, 0.4) is 0 Å². The molecule has 0 saturated heterocycles. The van der Waals surface area contributed by atoms with Crippen LogP contribution in [0.25, 0.3) is 0 Å². The van der Waals surface area contributed by atoms with Gasteiger partial charge in [-0.15, -0.1) is 11.3 Å². The van der Waals surface area contributed by atoms with Crippen LogP contribution in [0.5, 0.6) is 0 Å². The summed E-state index contributed by atoms with van der Waals surface area (Å²) in [4.78, 5) is 16.9. The minimum absolute atomic E-state index is 0.0485. The summed E-state index contributed by atoms with van der Waals surface area (Å²) in [5.74, 6) is 0.0485. The van der Waals surface area contributed by atoms with E-state index in [1.807, 2.05) is 37.5 Å². The van der Waals surface area contributed by atoms with Crippen molar-refractivity contribution in [2.45, 2.75) is 32.7 Å². The molecule has 0 spiro atoms. The Morgan fingerprint density at radius 1 is 1.32 bits per heavy atom. The number of aromatic nitrogens is 2. The Hall–Kier alpha value is -1.75. The molecule has 0 aliphatic carbocycles. The zero-order valence-corrected chi connectivity index (χ0v) is 11.8. The van der Waals surface area contributed by atoms with Gasteiger partial charge in [-0.2, -0.15) is 0 Å². The number of hydrogen-bond donors (Lipinski definition) is 1. The summed E-state index contributed by atoms with van der Waals surface area (Å²) < 4.78 is 2.13. The summed E-state index contributed by atoms with van der Waals surface area (Å²) in [7, 11) is 0. The van der Waals surface area contributed by atoms with Gasteiger partial charge in [-0.25, -0.2) is 9.55 Å². The van der Waals surface area contributed by atoms with Gasteiger partial charge in [0, 0.05) is 36.0 Å². The largest absolute Gasteiger partial charge is 0.302 e. The van der Waals surface area contributed by atoms with Crippen molar-refractivity contribution in [3.05, 3.63) is 41.7 Å². The number of aryl methyl sites for hydroxylation is 2. The fourth-order valence-electron chi connectivity index (χ4n) is 1.76. The van der Waals surface area contributed by atoms with Gasteiger partial charge >= 0.3 is 0 Å². The third-order valence-corrected chi connectivity index (χ3v) is 3.54. The maximum absolute atomic E-state index is 11.7. The van der Waals surface area contributed by atoms with Crippen molar-refractivity contribution in [2.24, 2.45) is 0 Å². The van der Waals surface area contributed by atoms with Gasteiger partial charge in [-0.05, 0) is 13.3 Å². The van der Waals surface area contributed by atoms with Crippen LogP contribution >= 0.6 is 11.3 Å². The zero-order chi connectivity index (χ0) is 13.5. The molecule has 1 amide bonds. The molecule has 0 atom stereocenters. The molecule has 19 heavy (non-hydrogen) atoms. The molecule has 0 fully saturated rings. The van der Waals surface area contributed by atoms with Gasteiger partial charge < -0.3 is 5.32 Å². The summed E-state index contributed by atoms with van der Waals surface area (Å²) in [5.41, 5.74) is 0. The molecule has 0 unspecified atom stereocenters.